The number of nitrogens with zero attached hydrogens (tertiary/aromatic N) is 3. The normalized spacial score (nSPS) is 9.78. The van der Waals surface area contributed by atoms with Crippen LogP contribution in [0.25, 0.3) is 0 Å². The molecule has 0 aliphatic heterocycles. The minimum Gasteiger partial charge on any atom is -0.366 e. The van der Waals surface area contributed by atoms with Crippen LogP contribution in [-0.2, 0) is 0 Å². The quantitative estimate of drug-likeness (QED) is 0.662. The fourth-order valence-corrected chi connectivity index (χ4v) is 1.12. The Bertz CT molecular complexity index is 411. The molecule has 0 aliphatic carbocycles. The number of hydrogen-bond donors (Lipinski definition) is 3. The van der Waals surface area contributed by atoms with Crippen LogP contribution in [0.2, 0.25) is 0 Å². The lowest BCUT2D eigenvalue weighted by molar-refractivity contribution is 0.218. The molecule has 0 fully saturated rings. The van der Waals surface area contributed by atoms with Gasteiger partial charge >= 0.3 is 6.03 Å². The van der Waals surface area contributed by atoms with Crippen molar-refractivity contribution in [3.8, 4) is 0 Å². The van der Waals surface area contributed by atoms with Crippen molar-refractivity contribution in [3.05, 3.63) is 12.0 Å². The zero-order valence-corrected chi connectivity index (χ0v) is 10.6. The topological polar surface area (TPSA) is 82.2 Å². The second-order valence-corrected chi connectivity index (χ2v) is 3.69. The Morgan fingerprint density at radius 2 is 2.17 bits per heavy atom. The van der Waals surface area contributed by atoms with Crippen LogP contribution in [-0.4, -0.2) is 55.1 Å². The van der Waals surface area contributed by atoms with E-state index in [4.69, 9.17) is 0 Å². The lowest BCUT2D eigenvalue weighted by Crippen LogP contribution is -2.37. The third-order valence-corrected chi connectivity index (χ3v) is 2.07. The van der Waals surface area contributed by atoms with Crippen molar-refractivity contribution >= 4 is 17.8 Å². The smallest absolute Gasteiger partial charge is 0.316 e. The van der Waals surface area contributed by atoms with Crippen LogP contribution >= 0.6 is 0 Å². The number of urea groups is 1. The molecular formula is C10H17FN6O. The lowest BCUT2D eigenvalue weighted by Gasteiger charge is -2.12. The van der Waals surface area contributed by atoms with Crippen molar-refractivity contribution < 1.29 is 9.18 Å². The molecule has 0 saturated heterocycles. The fourth-order valence-electron chi connectivity index (χ4n) is 1.12. The van der Waals surface area contributed by atoms with Gasteiger partial charge in [-0.15, -0.1) is 0 Å². The van der Waals surface area contributed by atoms with Gasteiger partial charge in [-0.25, -0.2) is 14.2 Å². The van der Waals surface area contributed by atoms with Gasteiger partial charge in [0.05, 0.1) is 6.20 Å². The number of nitrogens with one attached hydrogen (secondary N) is 3. The van der Waals surface area contributed by atoms with Gasteiger partial charge < -0.3 is 20.9 Å². The molecule has 0 spiro atoms. The maximum atomic E-state index is 13.3. The number of aromatic nitrogens is 2. The number of anilines is 2. The van der Waals surface area contributed by atoms with Gasteiger partial charge in [-0.2, -0.15) is 4.98 Å². The minimum absolute atomic E-state index is 0.105. The lowest BCUT2D eigenvalue weighted by atomic mass is 10.5. The second kappa shape index (κ2) is 6.58. The summed E-state index contributed by atoms with van der Waals surface area (Å²) >= 11 is 0. The summed E-state index contributed by atoms with van der Waals surface area (Å²) in [4.78, 5) is 20.3. The number of rotatable bonds is 5. The zero-order valence-electron chi connectivity index (χ0n) is 10.6. The molecule has 0 aliphatic rings. The van der Waals surface area contributed by atoms with Crippen molar-refractivity contribution in [1.29, 1.82) is 0 Å². The van der Waals surface area contributed by atoms with Crippen molar-refractivity contribution in [3.63, 3.8) is 0 Å². The summed E-state index contributed by atoms with van der Waals surface area (Å²) in [6.07, 6.45) is 1.08. The Hall–Kier alpha value is -2.12. The third-order valence-electron chi connectivity index (χ3n) is 2.07. The highest BCUT2D eigenvalue weighted by atomic mass is 19.1. The van der Waals surface area contributed by atoms with Crippen LogP contribution < -0.4 is 16.0 Å². The van der Waals surface area contributed by atoms with E-state index in [1.165, 1.54) is 4.90 Å². The molecule has 0 atom stereocenters. The summed E-state index contributed by atoms with van der Waals surface area (Å²) < 4.78 is 13.3. The zero-order chi connectivity index (χ0) is 13.5. The first-order valence-corrected chi connectivity index (χ1v) is 5.44. The summed E-state index contributed by atoms with van der Waals surface area (Å²) in [5, 5.41) is 8.14. The number of halogens is 1. The molecule has 8 heteroatoms. The molecule has 1 aromatic heterocycles. The third kappa shape index (κ3) is 4.04. The van der Waals surface area contributed by atoms with E-state index in [0.717, 1.165) is 6.20 Å². The molecule has 1 aromatic rings. The van der Waals surface area contributed by atoms with Crippen LogP contribution in [0.3, 0.4) is 0 Å². The Kier molecular flexibility index (Phi) is 5.09. The van der Waals surface area contributed by atoms with Crippen LogP contribution in [0.1, 0.15) is 0 Å². The predicted octanol–water partition coefficient (Wildman–Crippen LogP) is 0.341. The van der Waals surface area contributed by atoms with E-state index in [9.17, 15) is 9.18 Å². The van der Waals surface area contributed by atoms with Gasteiger partial charge in [0.1, 0.15) is 0 Å². The summed E-state index contributed by atoms with van der Waals surface area (Å²) in [6, 6.07) is -0.198. The molecule has 2 amide bonds. The van der Waals surface area contributed by atoms with Crippen molar-refractivity contribution in [2.75, 3.05) is 44.9 Å². The molecular weight excluding hydrogens is 239 g/mol. The Balaban J connectivity index is 2.41. The maximum Gasteiger partial charge on any atom is 0.316 e. The van der Waals surface area contributed by atoms with E-state index < -0.39 is 5.82 Å². The van der Waals surface area contributed by atoms with Crippen molar-refractivity contribution in [1.82, 2.24) is 20.2 Å². The molecule has 100 valence electrons. The second-order valence-electron chi connectivity index (χ2n) is 3.69. The molecule has 1 rings (SSSR count). The Morgan fingerprint density at radius 1 is 1.44 bits per heavy atom. The highest BCUT2D eigenvalue weighted by Gasteiger charge is 2.06. The number of amides is 2. The van der Waals surface area contributed by atoms with Crippen LogP contribution in [0.4, 0.5) is 21.0 Å². The molecule has 0 unspecified atom stereocenters. The van der Waals surface area contributed by atoms with Crippen LogP contribution in [0.15, 0.2) is 6.20 Å². The van der Waals surface area contributed by atoms with E-state index in [1.807, 2.05) is 0 Å². The molecule has 0 radical (unpaired) electrons. The van der Waals surface area contributed by atoms with E-state index in [2.05, 4.69) is 25.9 Å². The largest absolute Gasteiger partial charge is 0.366 e. The van der Waals surface area contributed by atoms with Crippen LogP contribution in [0.5, 0.6) is 0 Å². The van der Waals surface area contributed by atoms with E-state index >= 15 is 0 Å². The van der Waals surface area contributed by atoms with Gasteiger partial charge in [-0.3, -0.25) is 0 Å². The van der Waals surface area contributed by atoms with Crippen LogP contribution in [0, 0.1) is 5.82 Å². The molecule has 18 heavy (non-hydrogen) atoms. The highest BCUT2D eigenvalue weighted by molar-refractivity contribution is 5.73. The van der Waals surface area contributed by atoms with Gasteiger partial charge in [0.15, 0.2) is 11.6 Å². The SMILES string of the molecule is CNc1ncc(F)c(NCCNC(=O)N(C)C)n1. The van der Waals surface area contributed by atoms with Gasteiger partial charge in [0.25, 0.3) is 0 Å². The van der Waals surface area contributed by atoms with Gasteiger partial charge in [-0.05, 0) is 0 Å². The fraction of sp³-hybridized carbons (Fsp3) is 0.500. The molecule has 0 bridgehead atoms. The average molecular weight is 256 g/mol. The molecule has 1 heterocycles. The highest BCUT2D eigenvalue weighted by Crippen LogP contribution is 2.10. The van der Waals surface area contributed by atoms with Crippen molar-refractivity contribution in [2.45, 2.75) is 0 Å². The number of carbonyl (C=O) groups is 1. The molecule has 0 saturated carbocycles. The van der Waals surface area contributed by atoms with Gasteiger partial charge in [0.2, 0.25) is 5.95 Å². The summed E-state index contributed by atoms with van der Waals surface area (Å²) in [5.41, 5.74) is 0. The number of hydrogen-bond acceptors (Lipinski definition) is 5. The van der Waals surface area contributed by atoms with E-state index in [-0.39, 0.29) is 11.8 Å². The molecule has 0 aromatic carbocycles. The first-order chi connectivity index (χ1) is 8.54. The minimum atomic E-state index is -0.534. The molecule has 3 N–H and O–H groups in total. The Morgan fingerprint density at radius 3 is 2.78 bits per heavy atom. The summed E-state index contributed by atoms with van der Waals surface area (Å²) in [6.45, 7) is 0.742. The average Bonchev–Trinajstić information content (AvgIpc) is 2.36. The van der Waals surface area contributed by atoms with Crippen molar-refractivity contribution in [2.24, 2.45) is 0 Å². The first kappa shape index (κ1) is 13.9. The summed E-state index contributed by atoms with van der Waals surface area (Å²) in [5.74, 6) is -0.0994. The molecule has 7 nitrogen and oxygen atoms in total. The van der Waals surface area contributed by atoms with E-state index in [1.54, 1.807) is 21.1 Å². The predicted molar refractivity (Wildman–Crippen MR) is 67.1 cm³/mol. The monoisotopic (exact) mass is 256 g/mol. The van der Waals surface area contributed by atoms with Gasteiger partial charge in [-0.1, -0.05) is 0 Å². The Labute approximate surface area is 105 Å². The van der Waals surface area contributed by atoms with E-state index in [0.29, 0.717) is 19.0 Å². The summed E-state index contributed by atoms with van der Waals surface area (Å²) in [7, 11) is 4.94. The standard InChI is InChI=1S/C10H17FN6O/c1-12-9-15-6-7(11)8(16-9)13-4-5-14-10(18)17(2)3/h6H,4-5H2,1-3H3,(H,14,18)(H2,12,13,15,16). The van der Waals surface area contributed by atoms with Gasteiger partial charge in [0, 0.05) is 34.2 Å². The number of carbonyl (C=O) groups excluding carboxylic acids is 1. The maximum absolute atomic E-state index is 13.3. The first-order valence-electron chi connectivity index (χ1n) is 5.44.